The maximum absolute atomic E-state index is 13.9. The molecule has 176 valence electrons. The van der Waals surface area contributed by atoms with Crippen molar-refractivity contribution in [3.63, 3.8) is 0 Å². The number of hydrogen-bond donors (Lipinski definition) is 0. The molecule has 0 spiro atoms. The fraction of sp³-hybridized carbons (Fsp3) is 0.733. The maximum atomic E-state index is 13.9. The highest BCUT2D eigenvalue weighted by Crippen LogP contribution is 2.74. The Labute approximate surface area is 196 Å². The largest absolute Gasteiger partial charge is 0.299 e. The zero-order valence-electron chi connectivity index (χ0n) is 21.5. The van der Waals surface area contributed by atoms with Gasteiger partial charge in [-0.1, -0.05) is 52.0 Å². The molecule has 3 saturated carbocycles. The molecular weight excluding hydrogens is 392 g/mol. The second-order valence-electron chi connectivity index (χ2n) is 13.0. The number of rotatable bonds is 4. The predicted molar refractivity (Wildman–Crippen MR) is 132 cm³/mol. The number of Topliss-reactive ketones (excluding diaryl/α,β-unsaturated/α-hetero) is 1. The minimum atomic E-state index is -0.490. The van der Waals surface area contributed by atoms with Gasteiger partial charge in [0.1, 0.15) is 5.78 Å². The summed E-state index contributed by atoms with van der Waals surface area (Å²) < 4.78 is 0. The van der Waals surface area contributed by atoms with Gasteiger partial charge in [0, 0.05) is 17.8 Å². The number of allylic oxidation sites excluding steroid dienone is 5. The van der Waals surface area contributed by atoms with Gasteiger partial charge < -0.3 is 0 Å². The molecular formula is C30H44O2. The zero-order chi connectivity index (χ0) is 23.7. The number of hydrogen-bond acceptors (Lipinski definition) is 2. The van der Waals surface area contributed by atoms with E-state index in [4.69, 9.17) is 0 Å². The molecule has 4 rings (SSSR count). The quantitative estimate of drug-likeness (QED) is 0.428. The van der Waals surface area contributed by atoms with Crippen LogP contribution in [0.15, 0.2) is 36.0 Å². The summed E-state index contributed by atoms with van der Waals surface area (Å²) in [6.07, 6.45) is 13.7. The van der Waals surface area contributed by atoms with Crippen molar-refractivity contribution in [2.75, 3.05) is 0 Å². The highest BCUT2D eigenvalue weighted by atomic mass is 16.1. The molecule has 0 bridgehead atoms. The Morgan fingerprint density at radius 2 is 1.78 bits per heavy atom. The summed E-state index contributed by atoms with van der Waals surface area (Å²) in [4.78, 5) is 26.6. The highest BCUT2D eigenvalue weighted by Gasteiger charge is 2.69. The molecule has 0 aliphatic heterocycles. The third-order valence-corrected chi connectivity index (χ3v) is 11.0. The minimum absolute atomic E-state index is 0.0224. The van der Waals surface area contributed by atoms with Crippen LogP contribution in [0.2, 0.25) is 0 Å². The Balaban J connectivity index is 1.70. The SMILES string of the molecule is C=C(C)C=CCC(C)C1CCC2(C)C3C(=O)C=C4C(CCC(=O)C4(C)C)C3(C)CCC12C. The second-order valence-corrected chi connectivity index (χ2v) is 13.0. The van der Waals surface area contributed by atoms with Crippen molar-refractivity contribution >= 4 is 11.6 Å². The maximum Gasteiger partial charge on any atom is 0.159 e. The van der Waals surface area contributed by atoms with Gasteiger partial charge in [-0.25, -0.2) is 0 Å². The van der Waals surface area contributed by atoms with Gasteiger partial charge in [-0.15, -0.1) is 0 Å². The predicted octanol–water partition coefficient (Wildman–Crippen LogP) is 7.50. The monoisotopic (exact) mass is 436 g/mol. The molecule has 0 heterocycles. The topological polar surface area (TPSA) is 34.1 Å². The Morgan fingerprint density at radius 1 is 1.09 bits per heavy atom. The lowest BCUT2D eigenvalue weighted by atomic mass is 9.39. The van der Waals surface area contributed by atoms with Gasteiger partial charge in [0.25, 0.3) is 0 Å². The van der Waals surface area contributed by atoms with Gasteiger partial charge in [0.05, 0.1) is 0 Å². The molecule has 0 N–H and O–H groups in total. The molecule has 0 aromatic carbocycles. The summed E-state index contributed by atoms with van der Waals surface area (Å²) in [6, 6.07) is 0. The summed E-state index contributed by atoms with van der Waals surface area (Å²) in [7, 11) is 0. The molecule has 2 nitrogen and oxygen atoms in total. The summed E-state index contributed by atoms with van der Waals surface area (Å²) in [5.41, 5.74) is 1.95. The van der Waals surface area contributed by atoms with E-state index in [0.29, 0.717) is 35.7 Å². The van der Waals surface area contributed by atoms with Crippen LogP contribution in [0.5, 0.6) is 0 Å². The molecule has 2 heteroatoms. The standard InChI is InChI=1S/C30H44O2/c1-19(2)10-9-11-20(3)21-14-15-30(8)26-24(31)18-23-22(12-13-25(32)27(23,4)5)28(26,6)16-17-29(21,30)7/h9-10,18,20-22,26H,1,11-17H2,2-8H3. The molecule has 0 aromatic heterocycles. The van der Waals surface area contributed by atoms with E-state index in [9.17, 15) is 9.59 Å². The van der Waals surface area contributed by atoms with Crippen LogP contribution in [-0.4, -0.2) is 11.6 Å². The van der Waals surface area contributed by atoms with Crippen molar-refractivity contribution < 1.29 is 9.59 Å². The van der Waals surface area contributed by atoms with Crippen LogP contribution in [0.3, 0.4) is 0 Å². The number of fused-ring (bicyclic) bond motifs is 5. The minimum Gasteiger partial charge on any atom is -0.299 e. The lowest BCUT2D eigenvalue weighted by Crippen LogP contribution is -2.61. The van der Waals surface area contributed by atoms with E-state index in [0.717, 1.165) is 36.8 Å². The van der Waals surface area contributed by atoms with Crippen LogP contribution >= 0.6 is 0 Å². The van der Waals surface area contributed by atoms with Gasteiger partial charge in [-0.05, 0) is 105 Å². The highest BCUT2D eigenvalue weighted by molar-refractivity contribution is 5.98. The smallest absolute Gasteiger partial charge is 0.159 e. The van der Waals surface area contributed by atoms with E-state index in [2.05, 4.69) is 46.4 Å². The van der Waals surface area contributed by atoms with E-state index < -0.39 is 5.41 Å². The molecule has 0 saturated heterocycles. The fourth-order valence-electron chi connectivity index (χ4n) is 8.95. The van der Waals surface area contributed by atoms with Crippen molar-refractivity contribution in [2.24, 2.45) is 45.3 Å². The lowest BCUT2D eigenvalue weighted by molar-refractivity contribution is -0.162. The van der Waals surface area contributed by atoms with Crippen molar-refractivity contribution in [3.8, 4) is 0 Å². The van der Waals surface area contributed by atoms with E-state index in [1.807, 2.05) is 26.8 Å². The van der Waals surface area contributed by atoms with Gasteiger partial charge in [0.15, 0.2) is 5.78 Å². The summed E-state index contributed by atoms with van der Waals surface area (Å²) in [5.74, 6) is 2.32. The average molecular weight is 437 g/mol. The zero-order valence-corrected chi connectivity index (χ0v) is 21.5. The molecule has 32 heavy (non-hydrogen) atoms. The molecule has 4 aliphatic carbocycles. The summed E-state index contributed by atoms with van der Waals surface area (Å²) in [5, 5.41) is 0. The van der Waals surface area contributed by atoms with Crippen LogP contribution in [0, 0.1) is 45.3 Å². The van der Waals surface area contributed by atoms with E-state index in [1.54, 1.807) is 0 Å². The molecule has 7 unspecified atom stereocenters. The fourth-order valence-corrected chi connectivity index (χ4v) is 8.95. The molecule has 3 fully saturated rings. The molecule has 0 radical (unpaired) electrons. The van der Waals surface area contributed by atoms with Gasteiger partial charge in [-0.3, -0.25) is 9.59 Å². The van der Waals surface area contributed by atoms with Crippen molar-refractivity contribution in [1.82, 2.24) is 0 Å². The first-order valence-electron chi connectivity index (χ1n) is 12.9. The van der Waals surface area contributed by atoms with Crippen molar-refractivity contribution in [2.45, 2.75) is 93.4 Å². The first-order valence-corrected chi connectivity index (χ1v) is 12.9. The van der Waals surface area contributed by atoms with Crippen LogP contribution in [0.25, 0.3) is 0 Å². The van der Waals surface area contributed by atoms with Crippen LogP contribution < -0.4 is 0 Å². The van der Waals surface area contributed by atoms with Crippen molar-refractivity contribution in [1.29, 1.82) is 0 Å². The number of carbonyl (C=O) groups excluding carboxylic acids is 2. The van der Waals surface area contributed by atoms with Crippen LogP contribution in [-0.2, 0) is 9.59 Å². The van der Waals surface area contributed by atoms with Crippen LogP contribution in [0.4, 0.5) is 0 Å². The molecule has 0 aromatic rings. The Hall–Kier alpha value is -1.44. The van der Waals surface area contributed by atoms with Gasteiger partial charge in [0.2, 0.25) is 0 Å². The average Bonchev–Trinajstić information content (AvgIpc) is 2.96. The first kappa shape index (κ1) is 23.7. The molecule has 7 atom stereocenters. The third-order valence-electron chi connectivity index (χ3n) is 11.0. The normalized spacial score (nSPS) is 44.0. The Bertz CT molecular complexity index is 904. The number of ketones is 2. The lowest BCUT2D eigenvalue weighted by Gasteiger charge is -2.64. The van der Waals surface area contributed by atoms with Gasteiger partial charge in [-0.2, -0.15) is 0 Å². The first-order chi connectivity index (χ1) is 14.8. The summed E-state index contributed by atoms with van der Waals surface area (Å²) >= 11 is 0. The van der Waals surface area contributed by atoms with E-state index in [1.165, 1.54) is 12.8 Å². The van der Waals surface area contributed by atoms with Crippen molar-refractivity contribution in [3.05, 3.63) is 36.0 Å². The second kappa shape index (κ2) is 7.54. The number of carbonyl (C=O) groups is 2. The molecule has 0 amide bonds. The summed E-state index contributed by atoms with van der Waals surface area (Å²) in [6.45, 7) is 19.9. The third kappa shape index (κ3) is 3.11. The molecule has 4 aliphatic rings. The Kier molecular flexibility index (Phi) is 5.58. The van der Waals surface area contributed by atoms with Crippen LogP contribution in [0.1, 0.15) is 93.4 Å². The van der Waals surface area contributed by atoms with Gasteiger partial charge >= 0.3 is 0 Å². The van der Waals surface area contributed by atoms with E-state index >= 15 is 0 Å². The van der Waals surface area contributed by atoms with E-state index in [-0.39, 0.29) is 22.2 Å². The Morgan fingerprint density at radius 3 is 2.44 bits per heavy atom.